The van der Waals surface area contributed by atoms with Crippen molar-refractivity contribution in [3.05, 3.63) is 142 Å². The number of carbonyl (C=O) groups is 1. The molecule has 0 aliphatic rings. The van der Waals surface area contributed by atoms with E-state index < -0.39 is 42.1 Å². The third-order valence-electron chi connectivity index (χ3n) is 9.15. The van der Waals surface area contributed by atoms with Gasteiger partial charge in [0.25, 0.3) is 0 Å². The summed E-state index contributed by atoms with van der Waals surface area (Å²) in [6.07, 6.45) is -0.540. The number of rotatable bonds is 18. The van der Waals surface area contributed by atoms with E-state index in [4.69, 9.17) is 27.8 Å². The second-order valence-corrected chi connectivity index (χ2v) is 13.6. The van der Waals surface area contributed by atoms with Crippen LogP contribution in [0.4, 0.5) is 8.78 Å². The first-order valence-electron chi connectivity index (χ1n) is 18.3. The fraction of sp³-hybridized carbons (Fsp3) is 0.267. The predicted octanol–water partition coefficient (Wildman–Crippen LogP) is 9.62. The lowest BCUT2D eigenvalue weighted by molar-refractivity contribution is -0.138. The average Bonchev–Trinajstić information content (AvgIpc) is 3.18. The minimum atomic E-state index is -2.98. The zero-order valence-corrected chi connectivity index (χ0v) is 31.2. The maximum absolute atomic E-state index is 14.6. The van der Waals surface area contributed by atoms with Crippen LogP contribution in [0.25, 0.3) is 44.2 Å². The monoisotopic (exact) mass is 764 g/mol. The summed E-state index contributed by atoms with van der Waals surface area (Å²) in [7, 11) is 0. The molecule has 0 saturated carbocycles. The molecule has 0 N–H and O–H groups in total. The Bertz CT molecular complexity index is 2270. The number of halogens is 2. The van der Waals surface area contributed by atoms with E-state index in [0.717, 1.165) is 28.3 Å². The second kappa shape index (κ2) is 18.0. The topological polar surface area (TPSA) is 114 Å². The molecule has 2 heterocycles. The van der Waals surface area contributed by atoms with Gasteiger partial charge in [-0.05, 0) is 74.2 Å². The highest BCUT2D eigenvalue weighted by atomic mass is 19.3. The van der Waals surface area contributed by atoms with Crippen LogP contribution in [0.3, 0.4) is 0 Å². The Morgan fingerprint density at radius 2 is 1.16 bits per heavy atom. The first-order chi connectivity index (χ1) is 27.0. The quantitative estimate of drug-likeness (QED) is 0.0365. The van der Waals surface area contributed by atoms with Gasteiger partial charge in [-0.2, -0.15) is 0 Å². The smallest absolute Gasteiger partial charge is 0.344 e. The molecule has 2 aromatic heterocycles. The summed E-state index contributed by atoms with van der Waals surface area (Å²) in [5.41, 5.74) is 4.23. The van der Waals surface area contributed by atoms with Crippen LogP contribution < -0.4 is 20.7 Å². The molecule has 0 saturated heterocycles. The third-order valence-corrected chi connectivity index (χ3v) is 9.15. The molecule has 6 rings (SSSR count). The molecule has 56 heavy (non-hydrogen) atoms. The molecule has 0 fully saturated rings. The highest BCUT2D eigenvalue weighted by Gasteiger charge is 2.28. The lowest BCUT2D eigenvalue weighted by Gasteiger charge is -2.21. The summed E-state index contributed by atoms with van der Waals surface area (Å²) < 4.78 is 63.3. The minimum absolute atomic E-state index is 0.00995. The molecule has 4 aromatic carbocycles. The molecule has 0 aliphatic heterocycles. The van der Waals surface area contributed by atoms with Gasteiger partial charge in [0.15, 0.2) is 0 Å². The van der Waals surface area contributed by atoms with E-state index in [1.165, 1.54) is 0 Å². The van der Waals surface area contributed by atoms with E-state index in [-0.39, 0.29) is 39.3 Å². The van der Waals surface area contributed by atoms with Crippen molar-refractivity contribution in [1.29, 1.82) is 0 Å². The maximum Gasteiger partial charge on any atom is 0.344 e. The van der Waals surface area contributed by atoms with E-state index in [1.807, 2.05) is 62.4 Å². The van der Waals surface area contributed by atoms with E-state index in [2.05, 4.69) is 6.58 Å². The summed E-state index contributed by atoms with van der Waals surface area (Å²) in [6.45, 7) is 7.05. The van der Waals surface area contributed by atoms with Crippen LogP contribution in [0.1, 0.15) is 36.8 Å². The normalized spacial score (nSPS) is 11.6. The fourth-order valence-electron chi connectivity index (χ4n) is 6.02. The van der Waals surface area contributed by atoms with Gasteiger partial charge in [0.2, 0.25) is 5.92 Å². The molecule has 0 bridgehead atoms. The SMILES string of the molecule is C=CC(=O)OCCCC(F)(F)CCCOC(COc1ccc2cc(-c3ccc(C)cc3)c(=O)oc2c1)COc1ccc2cc(-c3ccc(C)cc3)c(=O)oc2c1. The standard InChI is InChI=1S/C45H42F2O9/c1-4-42(48)52-22-6-20-45(46,47)19-5-21-51-37(27-53-35-17-15-33-23-38(43(49)55-40(33)25-35)31-11-7-29(2)8-12-31)28-54-36-18-16-34-24-39(44(50)56-41(34)26-36)32-13-9-30(3)10-14-32/h4,7-18,23-26,37H,1,5-6,19-22,27-28H2,2-3H3. The Balaban J connectivity index is 1.12. The van der Waals surface area contributed by atoms with Gasteiger partial charge in [-0.15, -0.1) is 0 Å². The van der Waals surface area contributed by atoms with E-state index in [0.29, 0.717) is 44.6 Å². The van der Waals surface area contributed by atoms with Gasteiger partial charge in [0.05, 0.1) is 17.7 Å². The number of carbonyl (C=O) groups excluding carboxylic acids is 1. The van der Waals surface area contributed by atoms with Gasteiger partial charge >= 0.3 is 17.2 Å². The summed E-state index contributed by atoms with van der Waals surface area (Å²) in [5, 5.41) is 1.41. The lowest BCUT2D eigenvalue weighted by Crippen LogP contribution is -2.29. The summed E-state index contributed by atoms with van der Waals surface area (Å²) in [6, 6.07) is 29.0. The first-order valence-corrected chi connectivity index (χ1v) is 18.3. The zero-order valence-electron chi connectivity index (χ0n) is 31.2. The number of benzene rings is 4. The van der Waals surface area contributed by atoms with Crippen LogP contribution in [0.15, 0.2) is 128 Å². The van der Waals surface area contributed by atoms with Crippen LogP contribution in [-0.2, 0) is 14.3 Å². The molecule has 6 aromatic rings. The van der Waals surface area contributed by atoms with Gasteiger partial charge in [0, 0.05) is 48.4 Å². The second-order valence-electron chi connectivity index (χ2n) is 13.6. The molecule has 0 amide bonds. The van der Waals surface area contributed by atoms with Crippen molar-refractivity contribution in [2.45, 2.75) is 51.6 Å². The third kappa shape index (κ3) is 10.6. The molecule has 0 atom stereocenters. The molecular weight excluding hydrogens is 722 g/mol. The van der Waals surface area contributed by atoms with Gasteiger partial charge in [-0.25, -0.2) is 23.2 Å². The van der Waals surface area contributed by atoms with Crippen LogP contribution >= 0.6 is 0 Å². The molecular formula is C45H42F2O9. The first kappa shape index (κ1) is 39.6. The Morgan fingerprint density at radius 1 is 0.696 bits per heavy atom. The van der Waals surface area contributed by atoms with Crippen molar-refractivity contribution in [3.8, 4) is 33.8 Å². The Morgan fingerprint density at radius 3 is 1.62 bits per heavy atom. The number of esters is 1. The average molecular weight is 765 g/mol. The van der Waals surface area contributed by atoms with Crippen LogP contribution in [-0.4, -0.2) is 44.4 Å². The number of hydrogen-bond acceptors (Lipinski definition) is 9. The summed E-state index contributed by atoms with van der Waals surface area (Å²) in [4.78, 5) is 37.0. The number of fused-ring (bicyclic) bond motifs is 2. The molecule has 9 nitrogen and oxygen atoms in total. The number of hydrogen-bond donors (Lipinski definition) is 0. The maximum atomic E-state index is 14.6. The molecule has 11 heteroatoms. The van der Waals surface area contributed by atoms with Crippen molar-refractivity contribution in [1.82, 2.24) is 0 Å². The molecule has 0 radical (unpaired) electrons. The van der Waals surface area contributed by atoms with Crippen molar-refractivity contribution in [2.75, 3.05) is 26.4 Å². The zero-order chi connectivity index (χ0) is 39.7. The number of aryl methyl sites for hydroxylation is 2. The van der Waals surface area contributed by atoms with Crippen molar-refractivity contribution >= 4 is 27.9 Å². The fourth-order valence-corrected chi connectivity index (χ4v) is 6.02. The summed E-state index contributed by atoms with van der Waals surface area (Å²) in [5.74, 6) is -2.83. The molecule has 0 spiro atoms. The Hall–Kier alpha value is -6.07. The molecule has 290 valence electrons. The van der Waals surface area contributed by atoms with Crippen molar-refractivity contribution in [2.24, 2.45) is 0 Å². The summed E-state index contributed by atoms with van der Waals surface area (Å²) >= 11 is 0. The Kier molecular flexibility index (Phi) is 12.8. The van der Waals surface area contributed by atoms with Crippen LogP contribution in [0.2, 0.25) is 0 Å². The predicted molar refractivity (Wildman–Crippen MR) is 211 cm³/mol. The highest BCUT2D eigenvalue weighted by Crippen LogP contribution is 2.28. The Labute approximate surface area is 322 Å². The molecule has 0 aliphatic carbocycles. The van der Waals surface area contributed by atoms with E-state index in [1.54, 1.807) is 48.5 Å². The number of ether oxygens (including phenoxy) is 4. The van der Waals surface area contributed by atoms with Gasteiger partial charge in [0.1, 0.15) is 42.0 Å². The van der Waals surface area contributed by atoms with Gasteiger partial charge in [-0.3, -0.25) is 0 Å². The largest absolute Gasteiger partial charge is 0.491 e. The lowest BCUT2D eigenvalue weighted by atomic mass is 10.0. The van der Waals surface area contributed by atoms with Crippen LogP contribution in [0.5, 0.6) is 11.5 Å². The van der Waals surface area contributed by atoms with Gasteiger partial charge < -0.3 is 27.8 Å². The van der Waals surface area contributed by atoms with Crippen LogP contribution in [0, 0.1) is 13.8 Å². The van der Waals surface area contributed by atoms with Crippen molar-refractivity contribution in [3.63, 3.8) is 0 Å². The van der Waals surface area contributed by atoms with E-state index >= 15 is 0 Å². The minimum Gasteiger partial charge on any atom is -0.491 e. The van der Waals surface area contributed by atoms with Gasteiger partial charge in [-0.1, -0.05) is 66.2 Å². The number of alkyl halides is 2. The van der Waals surface area contributed by atoms with E-state index in [9.17, 15) is 23.2 Å². The highest BCUT2D eigenvalue weighted by molar-refractivity contribution is 5.84. The van der Waals surface area contributed by atoms with Crippen molar-refractivity contribution < 1.29 is 41.4 Å². The molecule has 0 unspecified atom stereocenters.